The van der Waals surface area contributed by atoms with Crippen LogP contribution in [-0.4, -0.2) is 24.8 Å². The SMILES string of the molecule is CCC(CC)CNCC(NC(=O)OC(C)(C)C)c1ccccc1. The minimum atomic E-state index is -0.492. The smallest absolute Gasteiger partial charge is 0.408 e. The molecule has 0 spiro atoms. The second-order valence-corrected chi connectivity index (χ2v) is 6.95. The number of ether oxygens (including phenoxy) is 1. The number of nitrogens with one attached hydrogen (secondary N) is 2. The molecule has 1 atom stereocenters. The second-order valence-electron chi connectivity index (χ2n) is 6.95. The summed E-state index contributed by atoms with van der Waals surface area (Å²) in [5, 5.41) is 6.46. The maximum Gasteiger partial charge on any atom is 0.408 e. The summed E-state index contributed by atoms with van der Waals surface area (Å²) in [6, 6.07) is 9.91. The maximum atomic E-state index is 12.1. The molecule has 0 heterocycles. The molecule has 4 nitrogen and oxygen atoms in total. The molecule has 1 unspecified atom stereocenters. The van der Waals surface area contributed by atoms with Gasteiger partial charge in [0.2, 0.25) is 0 Å². The average molecular weight is 320 g/mol. The lowest BCUT2D eigenvalue weighted by Gasteiger charge is -2.25. The number of carbonyl (C=O) groups is 1. The first kappa shape index (κ1) is 19.5. The van der Waals surface area contributed by atoms with E-state index in [0.717, 1.165) is 12.1 Å². The molecule has 2 N–H and O–H groups in total. The van der Waals surface area contributed by atoms with E-state index in [2.05, 4.69) is 24.5 Å². The van der Waals surface area contributed by atoms with Crippen molar-refractivity contribution < 1.29 is 9.53 Å². The van der Waals surface area contributed by atoms with Gasteiger partial charge in [0.15, 0.2) is 0 Å². The van der Waals surface area contributed by atoms with Gasteiger partial charge in [-0.2, -0.15) is 0 Å². The fraction of sp³-hybridized carbons (Fsp3) is 0.632. The van der Waals surface area contributed by atoms with E-state index in [0.29, 0.717) is 12.5 Å². The molecular formula is C19H32N2O2. The number of hydrogen-bond donors (Lipinski definition) is 2. The van der Waals surface area contributed by atoms with Crippen LogP contribution >= 0.6 is 0 Å². The predicted octanol–water partition coefficient (Wildman–Crippen LogP) is 4.28. The first-order valence-electron chi connectivity index (χ1n) is 8.60. The molecule has 0 saturated heterocycles. The third kappa shape index (κ3) is 8.03. The summed E-state index contributed by atoms with van der Waals surface area (Å²) in [6.45, 7) is 11.7. The third-order valence-electron chi connectivity index (χ3n) is 3.83. The molecule has 0 radical (unpaired) electrons. The number of alkyl carbamates (subject to hydrolysis) is 1. The Balaban J connectivity index is 2.65. The van der Waals surface area contributed by atoms with Gasteiger partial charge in [0.05, 0.1) is 6.04 Å². The number of carbonyl (C=O) groups excluding carboxylic acids is 1. The summed E-state index contributed by atoms with van der Waals surface area (Å²) >= 11 is 0. The lowest BCUT2D eigenvalue weighted by Crippen LogP contribution is -2.39. The topological polar surface area (TPSA) is 50.4 Å². The van der Waals surface area contributed by atoms with Crippen molar-refractivity contribution in [1.82, 2.24) is 10.6 Å². The lowest BCUT2D eigenvalue weighted by atomic mass is 10.0. The van der Waals surface area contributed by atoms with Crippen LogP contribution in [0.5, 0.6) is 0 Å². The molecule has 0 aliphatic rings. The fourth-order valence-electron chi connectivity index (χ4n) is 2.40. The summed E-state index contributed by atoms with van der Waals surface area (Å²) in [5.41, 5.74) is 0.587. The molecule has 130 valence electrons. The molecule has 23 heavy (non-hydrogen) atoms. The van der Waals surface area contributed by atoms with Crippen LogP contribution < -0.4 is 10.6 Å². The summed E-state index contributed by atoms with van der Waals surface area (Å²) < 4.78 is 5.38. The van der Waals surface area contributed by atoms with Crippen molar-refractivity contribution in [2.24, 2.45) is 5.92 Å². The van der Waals surface area contributed by atoms with Gasteiger partial charge >= 0.3 is 6.09 Å². The van der Waals surface area contributed by atoms with Crippen LogP contribution in [0, 0.1) is 5.92 Å². The molecular weight excluding hydrogens is 288 g/mol. The zero-order valence-electron chi connectivity index (χ0n) is 15.2. The highest BCUT2D eigenvalue weighted by Crippen LogP contribution is 2.14. The Morgan fingerprint density at radius 2 is 1.70 bits per heavy atom. The van der Waals surface area contributed by atoms with E-state index in [1.54, 1.807) is 0 Å². The standard InChI is InChI=1S/C19H32N2O2/c1-6-15(7-2)13-20-14-17(16-11-9-8-10-12-16)21-18(22)23-19(3,4)5/h8-12,15,17,20H,6-7,13-14H2,1-5H3,(H,21,22). The summed E-state index contributed by atoms with van der Waals surface area (Å²) in [6.07, 6.45) is 1.95. The highest BCUT2D eigenvalue weighted by molar-refractivity contribution is 5.68. The second kappa shape index (κ2) is 9.56. The summed E-state index contributed by atoms with van der Waals surface area (Å²) in [5.74, 6) is 0.674. The molecule has 0 aliphatic carbocycles. The van der Waals surface area contributed by atoms with Crippen molar-refractivity contribution in [1.29, 1.82) is 0 Å². The van der Waals surface area contributed by atoms with Crippen LogP contribution in [-0.2, 0) is 4.74 Å². The van der Waals surface area contributed by atoms with Crippen molar-refractivity contribution in [3.63, 3.8) is 0 Å². The molecule has 0 aromatic heterocycles. The Hall–Kier alpha value is -1.55. The van der Waals surface area contributed by atoms with Gasteiger partial charge < -0.3 is 15.4 Å². The molecule has 1 amide bonds. The van der Waals surface area contributed by atoms with Crippen LogP contribution in [0.3, 0.4) is 0 Å². The summed E-state index contributed by atoms with van der Waals surface area (Å²) in [7, 11) is 0. The van der Waals surface area contributed by atoms with Crippen LogP contribution in [0.2, 0.25) is 0 Å². The van der Waals surface area contributed by atoms with Crippen LogP contribution in [0.4, 0.5) is 4.79 Å². The lowest BCUT2D eigenvalue weighted by molar-refractivity contribution is 0.0503. The Kier molecular flexibility index (Phi) is 8.10. The van der Waals surface area contributed by atoms with E-state index in [-0.39, 0.29) is 12.1 Å². The van der Waals surface area contributed by atoms with Crippen LogP contribution in [0.15, 0.2) is 30.3 Å². The molecule has 1 rings (SSSR count). The minimum absolute atomic E-state index is 0.0968. The minimum Gasteiger partial charge on any atom is -0.444 e. The zero-order valence-corrected chi connectivity index (χ0v) is 15.2. The average Bonchev–Trinajstić information content (AvgIpc) is 2.49. The van der Waals surface area contributed by atoms with Gasteiger partial charge in [0.1, 0.15) is 5.60 Å². The number of benzene rings is 1. The highest BCUT2D eigenvalue weighted by atomic mass is 16.6. The molecule has 0 saturated carbocycles. The van der Waals surface area contributed by atoms with E-state index < -0.39 is 5.60 Å². The number of rotatable bonds is 8. The van der Waals surface area contributed by atoms with E-state index in [9.17, 15) is 4.79 Å². The number of hydrogen-bond acceptors (Lipinski definition) is 3. The Labute approximate surface area is 141 Å². The van der Waals surface area contributed by atoms with E-state index >= 15 is 0 Å². The van der Waals surface area contributed by atoms with Crippen LogP contribution in [0.1, 0.15) is 59.1 Å². The fourth-order valence-corrected chi connectivity index (χ4v) is 2.40. The van der Waals surface area contributed by atoms with E-state index in [1.807, 2.05) is 51.1 Å². The first-order chi connectivity index (χ1) is 10.9. The van der Waals surface area contributed by atoms with E-state index in [1.165, 1.54) is 12.8 Å². The maximum absolute atomic E-state index is 12.1. The molecule has 0 fully saturated rings. The monoisotopic (exact) mass is 320 g/mol. The Bertz CT molecular complexity index is 450. The van der Waals surface area contributed by atoms with E-state index in [4.69, 9.17) is 4.74 Å². The summed E-state index contributed by atoms with van der Waals surface area (Å²) in [4.78, 5) is 12.1. The van der Waals surface area contributed by atoms with Crippen LogP contribution in [0.25, 0.3) is 0 Å². The molecule has 0 aliphatic heterocycles. The molecule has 0 bridgehead atoms. The van der Waals surface area contributed by atoms with Gasteiger partial charge in [-0.25, -0.2) is 4.79 Å². The van der Waals surface area contributed by atoms with Crippen molar-refractivity contribution in [2.75, 3.05) is 13.1 Å². The quantitative estimate of drug-likeness (QED) is 0.751. The zero-order chi connectivity index (χ0) is 17.3. The van der Waals surface area contributed by atoms with Gasteiger partial charge in [-0.3, -0.25) is 0 Å². The largest absolute Gasteiger partial charge is 0.444 e. The van der Waals surface area contributed by atoms with Gasteiger partial charge in [0, 0.05) is 6.54 Å². The first-order valence-corrected chi connectivity index (χ1v) is 8.60. The molecule has 4 heteroatoms. The predicted molar refractivity (Wildman–Crippen MR) is 95.5 cm³/mol. The normalized spacial score (nSPS) is 13.0. The number of amides is 1. The molecule has 1 aromatic carbocycles. The van der Waals surface area contributed by atoms with Crippen molar-refractivity contribution in [3.8, 4) is 0 Å². The third-order valence-corrected chi connectivity index (χ3v) is 3.83. The van der Waals surface area contributed by atoms with Crippen molar-refractivity contribution >= 4 is 6.09 Å². The Morgan fingerprint density at radius 1 is 1.09 bits per heavy atom. The van der Waals surface area contributed by atoms with Gasteiger partial charge in [-0.1, -0.05) is 57.0 Å². The van der Waals surface area contributed by atoms with Gasteiger partial charge in [-0.05, 0) is 38.8 Å². The van der Waals surface area contributed by atoms with Crippen molar-refractivity contribution in [2.45, 2.75) is 59.1 Å². The van der Waals surface area contributed by atoms with Gasteiger partial charge in [-0.15, -0.1) is 0 Å². The molecule has 1 aromatic rings. The van der Waals surface area contributed by atoms with Gasteiger partial charge in [0.25, 0.3) is 0 Å². The van der Waals surface area contributed by atoms with Crippen molar-refractivity contribution in [3.05, 3.63) is 35.9 Å². The highest BCUT2D eigenvalue weighted by Gasteiger charge is 2.20. The Morgan fingerprint density at radius 3 is 2.22 bits per heavy atom.